The van der Waals surface area contributed by atoms with E-state index in [1.165, 1.54) is 0 Å². The van der Waals surface area contributed by atoms with Crippen LogP contribution in [-0.2, 0) is 9.59 Å². The number of aromatic nitrogens is 3. The Labute approximate surface area is 139 Å². The number of H-pyrrole nitrogens is 1. The molecule has 0 aliphatic heterocycles. The number of rotatable bonds is 5. The lowest BCUT2D eigenvalue weighted by Crippen LogP contribution is -2.41. The molecule has 0 radical (unpaired) electrons. The number of carboxylic acid groups (broad SMARTS) is 1. The smallest absolute Gasteiger partial charge is 0.307 e. The number of nitrogens with zero attached hydrogens (tertiary/aromatic N) is 2. The van der Waals surface area contributed by atoms with Crippen molar-refractivity contribution in [2.75, 3.05) is 5.32 Å². The number of hydrogen-bond acceptors (Lipinski definition) is 4. The molecule has 1 fully saturated rings. The van der Waals surface area contributed by atoms with E-state index in [1.807, 2.05) is 32.0 Å². The van der Waals surface area contributed by atoms with Crippen LogP contribution in [0.4, 0.5) is 5.69 Å². The number of benzene rings is 1. The quantitative estimate of drug-likeness (QED) is 0.782. The summed E-state index contributed by atoms with van der Waals surface area (Å²) in [4.78, 5) is 27.9. The van der Waals surface area contributed by atoms with Crippen molar-refractivity contribution in [3.8, 4) is 11.4 Å². The first-order valence-electron chi connectivity index (χ1n) is 8.02. The van der Waals surface area contributed by atoms with Gasteiger partial charge in [0.05, 0.1) is 17.5 Å². The van der Waals surface area contributed by atoms with Crippen LogP contribution in [0.3, 0.4) is 0 Å². The number of aliphatic carboxylic acids is 1. The summed E-state index contributed by atoms with van der Waals surface area (Å²) in [5, 5.41) is 19.1. The number of carbonyl (C=O) groups is 2. The molecule has 2 aromatic rings. The lowest BCUT2D eigenvalue weighted by molar-refractivity contribution is -0.151. The number of aromatic amines is 1. The zero-order valence-corrected chi connectivity index (χ0v) is 13.6. The molecule has 0 bridgehead atoms. The third-order valence-electron chi connectivity index (χ3n) is 4.40. The minimum absolute atomic E-state index is 0.222. The molecule has 7 heteroatoms. The molecule has 1 heterocycles. The minimum atomic E-state index is -0.912. The van der Waals surface area contributed by atoms with Gasteiger partial charge in [-0.25, -0.2) is 4.98 Å². The Balaban J connectivity index is 1.81. The van der Waals surface area contributed by atoms with Crippen LogP contribution >= 0.6 is 0 Å². The highest BCUT2D eigenvalue weighted by molar-refractivity contribution is 5.98. The zero-order chi connectivity index (χ0) is 17.3. The van der Waals surface area contributed by atoms with Crippen molar-refractivity contribution >= 4 is 17.6 Å². The molecular weight excluding hydrogens is 308 g/mol. The number of carbonyl (C=O) groups excluding carboxylic acids is 1. The van der Waals surface area contributed by atoms with Crippen molar-refractivity contribution in [3.05, 3.63) is 30.1 Å². The lowest BCUT2D eigenvalue weighted by atomic mass is 9.73. The molecule has 1 aliphatic carbocycles. The molecule has 1 amide bonds. The Bertz CT molecular complexity index is 769. The van der Waals surface area contributed by atoms with Crippen molar-refractivity contribution < 1.29 is 14.7 Å². The average molecular weight is 328 g/mol. The van der Waals surface area contributed by atoms with Crippen molar-refractivity contribution in [2.24, 2.45) is 11.8 Å². The molecule has 3 rings (SSSR count). The van der Waals surface area contributed by atoms with E-state index in [9.17, 15) is 9.59 Å². The van der Waals surface area contributed by atoms with Gasteiger partial charge in [-0.1, -0.05) is 26.0 Å². The fourth-order valence-electron chi connectivity index (χ4n) is 2.77. The topological polar surface area (TPSA) is 108 Å². The molecule has 2 atom stereocenters. The van der Waals surface area contributed by atoms with Crippen LogP contribution < -0.4 is 5.32 Å². The van der Waals surface area contributed by atoms with Gasteiger partial charge in [-0.3, -0.25) is 14.7 Å². The fourth-order valence-corrected chi connectivity index (χ4v) is 2.77. The van der Waals surface area contributed by atoms with Gasteiger partial charge in [0.1, 0.15) is 5.82 Å². The van der Waals surface area contributed by atoms with Crippen LogP contribution in [0.2, 0.25) is 0 Å². The Kier molecular flexibility index (Phi) is 4.33. The summed E-state index contributed by atoms with van der Waals surface area (Å²) in [7, 11) is 0. The second-order valence-corrected chi connectivity index (χ2v) is 6.36. The molecule has 0 spiro atoms. The van der Waals surface area contributed by atoms with Gasteiger partial charge in [0.2, 0.25) is 5.91 Å². The van der Waals surface area contributed by atoms with Gasteiger partial charge in [0.25, 0.3) is 0 Å². The number of para-hydroxylation sites is 1. The maximum atomic E-state index is 12.4. The molecule has 3 N–H and O–H groups in total. The van der Waals surface area contributed by atoms with E-state index in [4.69, 9.17) is 5.11 Å². The maximum absolute atomic E-state index is 12.4. The highest BCUT2D eigenvalue weighted by Crippen LogP contribution is 2.36. The van der Waals surface area contributed by atoms with E-state index in [0.29, 0.717) is 29.9 Å². The molecule has 2 unspecified atom stereocenters. The summed E-state index contributed by atoms with van der Waals surface area (Å²) in [5.41, 5.74) is 1.30. The second kappa shape index (κ2) is 6.43. The Morgan fingerprint density at radius 2 is 1.96 bits per heavy atom. The summed E-state index contributed by atoms with van der Waals surface area (Å²) in [6, 6.07) is 7.26. The zero-order valence-electron chi connectivity index (χ0n) is 13.6. The molecule has 1 aromatic heterocycles. The molecule has 1 aliphatic rings. The van der Waals surface area contributed by atoms with E-state index in [-0.39, 0.29) is 11.8 Å². The van der Waals surface area contributed by atoms with Crippen LogP contribution in [0.1, 0.15) is 38.4 Å². The predicted molar refractivity (Wildman–Crippen MR) is 88.4 cm³/mol. The normalized spacial score (nSPS) is 19.8. The minimum Gasteiger partial charge on any atom is -0.481 e. The van der Waals surface area contributed by atoms with Crippen molar-refractivity contribution in [1.29, 1.82) is 0 Å². The van der Waals surface area contributed by atoms with Crippen molar-refractivity contribution in [1.82, 2.24) is 15.2 Å². The summed E-state index contributed by atoms with van der Waals surface area (Å²) in [6.07, 6.45) is 1.15. The first-order valence-corrected chi connectivity index (χ1v) is 8.02. The van der Waals surface area contributed by atoms with Crippen LogP contribution in [0.25, 0.3) is 11.4 Å². The van der Waals surface area contributed by atoms with Crippen LogP contribution in [0, 0.1) is 11.8 Å². The summed E-state index contributed by atoms with van der Waals surface area (Å²) in [5.74, 6) is -0.735. The SMILES string of the molecule is CC(C)c1nc(-c2ccccc2NC(=O)C2CCC2C(=O)O)n[nH]1. The number of carboxylic acids is 1. The third kappa shape index (κ3) is 3.02. The largest absolute Gasteiger partial charge is 0.481 e. The van der Waals surface area contributed by atoms with E-state index >= 15 is 0 Å². The Hall–Kier alpha value is -2.70. The van der Waals surface area contributed by atoms with Gasteiger partial charge in [0.15, 0.2) is 5.82 Å². The van der Waals surface area contributed by atoms with Gasteiger partial charge in [-0.15, -0.1) is 0 Å². The van der Waals surface area contributed by atoms with E-state index in [1.54, 1.807) is 6.07 Å². The first kappa shape index (κ1) is 16.2. The average Bonchev–Trinajstić information content (AvgIpc) is 2.95. The van der Waals surface area contributed by atoms with Crippen LogP contribution in [0.5, 0.6) is 0 Å². The van der Waals surface area contributed by atoms with Gasteiger partial charge in [-0.05, 0) is 25.0 Å². The number of amides is 1. The van der Waals surface area contributed by atoms with Gasteiger partial charge in [-0.2, -0.15) is 5.10 Å². The predicted octanol–water partition coefficient (Wildman–Crippen LogP) is 2.64. The van der Waals surface area contributed by atoms with Gasteiger partial charge in [0, 0.05) is 11.5 Å². The summed E-state index contributed by atoms with van der Waals surface area (Å²) < 4.78 is 0. The van der Waals surface area contributed by atoms with Crippen LogP contribution in [-0.4, -0.2) is 32.2 Å². The molecule has 7 nitrogen and oxygen atoms in total. The van der Waals surface area contributed by atoms with Crippen molar-refractivity contribution in [3.63, 3.8) is 0 Å². The summed E-state index contributed by atoms with van der Waals surface area (Å²) >= 11 is 0. The third-order valence-corrected chi connectivity index (χ3v) is 4.40. The van der Waals surface area contributed by atoms with E-state index in [2.05, 4.69) is 20.5 Å². The molecule has 1 saturated carbocycles. The monoisotopic (exact) mass is 328 g/mol. The highest BCUT2D eigenvalue weighted by Gasteiger charge is 2.41. The summed E-state index contributed by atoms with van der Waals surface area (Å²) in [6.45, 7) is 4.03. The molecule has 126 valence electrons. The van der Waals surface area contributed by atoms with Gasteiger partial charge >= 0.3 is 5.97 Å². The van der Waals surface area contributed by atoms with Crippen molar-refractivity contribution in [2.45, 2.75) is 32.6 Å². The standard InChI is InChI=1S/C17H20N4O3/c1-9(2)14-19-15(21-20-14)12-5-3-4-6-13(12)18-16(22)10-7-8-11(10)17(23)24/h3-6,9-11H,7-8H2,1-2H3,(H,18,22)(H,23,24)(H,19,20,21). The Morgan fingerprint density at radius 3 is 2.54 bits per heavy atom. The van der Waals surface area contributed by atoms with E-state index in [0.717, 1.165) is 5.82 Å². The maximum Gasteiger partial charge on any atom is 0.307 e. The molecule has 0 saturated heterocycles. The highest BCUT2D eigenvalue weighted by atomic mass is 16.4. The molecule has 24 heavy (non-hydrogen) atoms. The fraction of sp³-hybridized carbons (Fsp3) is 0.412. The second-order valence-electron chi connectivity index (χ2n) is 6.36. The number of hydrogen-bond donors (Lipinski definition) is 3. The molecule has 1 aromatic carbocycles. The number of anilines is 1. The number of nitrogens with one attached hydrogen (secondary N) is 2. The van der Waals surface area contributed by atoms with Gasteiger partial charge < -0.3 is 10.4 Å². The van der Waals surface area contributed by atoms with Crippen LogP contribution in [0.15, 0.2) is 24.3 Å². The first-order chi connectivity index (χ1) is 11.5. The lowest BCUT2D eigenvalue weighted by Gasteiger charge is -2.32. The Morgan fingerprint density at radius 1 is 1.25 bits per heavy atom. The molecular formula is C17H20N4O3. The van der Waals surface area contributed by atoms with E-state index < -0.39 is 17.8 Å².